The number of amides is 1. The van der Waals surface area contributed by atoms with E-state index in [1.807, 2.05) is 29.2 Å². The van der Waals surface area contributed by atoms with Gasteiger partial charge in [0.05, 0.1) is 24.5 Å². The highest BCUT2D eigenvalue weighted by Gasteiger charge is 2.36. The molecule has 1 amide bonds. The number of ether oxygens (including phenoxy) is 1. The van der Waals surface area contributed by atoms with Gasteiger partial charge >= 0.3 is 0 Å². The molecule has 2 aliphatic rings. The van der Waals surface area contributed by atoms with E-state index >= 15 is 0 Å². The number of carbonyl (C=O) groups is 1. The number of benzene rings is 2. The summed E-state index contributed by atoms with van der Waals surface area (Å²) in [6.07, 6.45) is 1.33. The van der Waals surface area contributed by atoms with Gasteiger partial charge in [0.2, 0.25) is 15.9 Å². The van der Waals surface area contributed by atoms with Crippen molar-refractivity contribution in [1.29, 1.82) is 0 Å². The van der Waals surface area contributed by atoms with Crippen molar-refractivity contribution in [2.45, 2.75) is 18.6 Å². The van der Waals surface area contributed by atoms with Gasteiger partial charge in [0.25, 0.3) is 0 Å². The van der Waals surface area contributed by atoms with Gasteiger partial charge in [-0.15, -0.1) is 0 Å². The number of carbonyl (C=O) groups excluding carboxylic acids is 1. The molecular formula is C24H29Cl2N3O4S. The molecule has 34 heavy (non-hydrogen) atoms. The Hall–Kier alpha value is -2.00. The molecule has 2 fully saturated rings. The molecule has 0 aromatic heterocycles. The second kappa shape index (κ2) is 10.7. The lowest BCUT2D eigenvalue weighted by Gasteiger charge is -2.39. The van der Waals surface area contributed by atoms with Gasteiger partial charge in [0.1, 0.15) is 5.75 Å². The van der Waals surface area contributed by atoms with Crippen LogP contribution in [0, 0.1) is 5.92 Å². The molecule has 2 aliphatic heterocycles. The standard InChI is InChI=1S/C24H29Cl2N3O4S/c1-33-23-10-3-2-9-22(23)27-12-14-28(15-13-27)24(30)18-6-5-11-29(16-18)34(31,32)17-19-20(25)7-4-8-21(19)26/h2-4,7-10,18H,5-6,11-17H2,1H3/t18-/m1/s1. The van der Waals surface area contributed by atoms with Crippen molar-refractivity contribution in [1.82, 2.24) is 9.21 Å². The molecule has 0 spiro atoms. The van der Waals surface area contributed by atoms with Crippen molar-refractivity contribution in [2.24, 2.45) is 5.92 Å². The van der Waals surface area contributed by atoms with E-state index in [0.29, 0.717) is 61.2 Å². The Bertz CT molecular complexity index is 1120. The van der Waals surface area contributed by atoms with Crippen LogP contribution in [0.2, 0.25) is 10.0 Å². The molecule has 0 aliphatic carbocycles. The number of methoxy groups -OCH3 is 1. The highest BCUT2D eigenvalue weighted by Crippen LogP contribution is 2.31. The highest BCUT2D eigenvalue weighted by atomic mass is 35.5. The summed E-state index contributed by atoms with van der Waals surface area (Å²) in [7, 11) is -2.01. The largest absolute Gasteiger partial charge is 0.495 e. The maximum Gasteiger partial charge on any atom is 0.227 e. The number of piperazine rings is 1. The lowest BCUT2D eigenvalue weighted by molar-refractivity contribution is -0.137. The maximum atomic E-state index is 13.3. The molecule has 2 heterocycles. The minimum Gasteiger partial charge on any atom is -0.495 e. The third-order valence-electron chi connectivity index (χ3n) is 6.53. The first-order chi connectivity index (χ1) is 16.3. The minimum atomic E-state index is -3.66. The zero-order valence-corrected chi connectivity index (χ0v) is 21.4. The number of rotatable bonds is 6. The van der Waals surface area contributed by atoms with Gasteiger partial charge in [-0.25, -0.2) is 12.7 Å². The molecule has 10 heteroatoms. The normalized spacial score (nSPS) is 19.8. The molecule has 0 N–H and O–H groups in total. The fourth-order valence-corrected chi connectivity index (χ4v) is 7.02. The summed E-state index contributed by atoms with van der Waals surface area (Å²) in [5.74, 6) is 0.219. The van der Waals surface area contributed by atoms with E-state index in [-0.39, 0.29) is 24.1 Å². The Labute approximate surface area is 211 Å². The van der Waals surface area contributed by atoms with Gasteiger partial charge in [-0.2, -0.15) is 0 Å². The van der Waals surface area contributed by atoms with E-state index in [0.717, 1.165) is 11.4 Å². The predicted octanol–water partition coefficient (Wildman–Crippen LogP) is 3.89. The Balaban J connectivity index is 1.38. The first-order valence-corrected chi connectivity index (χ1v) is 13.7. The van der Waals surface area contributed by atoms with E-state index in [2.05, 4.69) is 4.90 Å². The van der Waals surface area contributed by atoms with E-state index in [9.17, 15) is 13.2 Å². The van der Waals surface area contributed by atoms with Crippen molar-refractivity contribution in [2.75, 3.05) is 51.3 Å². The van der Waals surface area contributed by atoms with Gasteiger partial charge in [-0.05, 0) is 37.1 Å². The number of halogens is 2. The predicted molar refractivity (Wildman–Crippen MR) is 135 cm³/mol. The van der Waals surface area contributed by atoms with Crippen molar-refractivity contribution >= 4 is 44.8 Å². The van der Waals surface area contributed by atoms with Gasteiger partial charge in [-0.3, -0.25) is 4.79 Å². The smallest absolute Gasteiger partial charge is 0.227 e. The minimum absolute atomic E-state index is 0.0235. The second-order valence-electron chi connectivity index (χ2n) is 8.64. The van der Waals surface area contributed by atoms with Gasteiger partial charge in [-0.1, -0.05) is 41.4 Å². The number of anilines is 1. The molecule has 184 valence electrons. The molecule has 2 saturated heterocycles. The number of hydrogen-bond acceptors (Lipinski definition) is 5. The summed E-state index contributed by atoms with van der Waals surface area (Å²) in [5.41, 5.74) is 1.41. The quantitative estimate of drug-likeness (QED) is 0.572. The van der Waals surface area contributed by atoms with E-state index in [1.165, 1.54) is 4.31 Å². The third kappa shape index (κ3) is 5.46. The summed E-state index contributed by atoms with van der Waals surface area (Å²) in [6, 6.07) is 12.8. The monoisotopic (exact) mass is 525 g/mol. The molecule has 0 saturated carbocycles. The van der Waals surface area contributed by atoms with Crippen molar-refractivity contribution in [3.8, 4) is 5.75 Å². The molecule has 2 aromatic carbocycles. The molecule has 7 nitrogen and oxygen atoms in total. The lowest BCUT2D eigenvalue weighted by Crippen LogP contribution is -2.53. The van der Waals surface area contributed by atoms with Crippen LogP contribution in [0.25, 0.3) is 0 Å². The maximum absolute atomic E-state index is 13.3. The number of nitrogens with zero attached hydrogens (tertiary/aromatic N) is 3. The summed E-state index contributed by atoms with van der Waals surface area (Å²) in [5, 5.41) is 0.655. The molecular weight excluding hydrogens is 497 g/mol. The average Bonchev–Trinajstić information content (AvgIpc) is 2.86. The summed E-state index contributed by atoms with van der Waals surface area (Å²) in [4.78, 5) is 17.4. The molecule has 0 radical (unpaired) electrons. The zero-order chi connectivity index (χ0) is 24.3. The second-order valence-corrected chi connectivity index (χ2v) is 11.4. The highest BCUT2D eigenvalue weighted by molar-refractivity contribution is 7.88. The van der Waals surface area contributed by atoms with Crippen LogP contribution < -0.4 is 9.64 Å². The Morgan fingerprint density at radius 2 is 1.68 bits per heavy atom. The number of piperidine rings is 1. The molecule has 0 bridgehead atoms. The lowest BCUT2D eigenvalue weighted by atomic mass is 9.97. The topological polar surface area (TPSA) is 70.2 Å². The van der Waals surface area contributed by atoms with Crippen LogP contribution in [0.4, 0.5) is 5.69 Å². The Morgan fingerprint density at radius 1 is 1.00 bits per heavy atom. The van der Waals surface area contributed by atoms with Crippen LogP contribution in [-0.2, 0) is 20.6 Å². The summed E-state index contributed by atoms with van der Waals surface area (Å²) < 4.78 is 33.1. The van der Waals surface area contributed by atoms with Gasteiger partial charge < -0.3 is 14.5 Å². The molecule has 1 atom stereocenters. The fourth-order valence-electron chi connectivity index (χ4n) is 4.66. The Kier molecular flexibility index (Phi) is 7.92. The fraction of sp³-hybridized carbons (Fsp3) is 0.458. The summed E-state index contributed by atoms with van der Waals surface area (Å²) in [6.45, 7) is 3.17. The molecule has 4 rings (SSSR count). The van der Waals surface area contributed by atoms with E-state index < -0.39 is 10.0 Å². The van der Waals surface area contributed by atoms with Gasteiger partial charge in [0, 0.05) is 54.9 Å². The van der Waals surface area contributed by atoms with Crippen LogP contribution in [0.3, 0.4) is 0 Å². The zero-order valence-electron chi connectivity index (χ0n) is 19.1. The first-order valence-electron chi connectivity index (χ1n) is 11.4. The van der Waals surface area contributed by atoms with E-state index in [1.54, 1.807) is 25.3 Å². The third-order valence-corrected chi connectivity index (χ3v) is 9.01. The first kappa shape index (κ1) is 25.1. The number of sulfonamides is 1. The van der Waals surface area contributed by atoms with Crippen molar-refractivity contribution < 1.29 is 17.9 Å². The van der Waals surface area contributed by atoms with Gasteiger partial charge in [0.15, 0.2) is 0 Å². The summed E-state index contributed by atoms with van der Waals surface area (Å²) >= 11 is 12.4. The molecule has 0 unspecified atom stereocenters. The van der Waals surface area contributed by atoms with Crippen LogP contribution in [0.1, 0.15) is 18.4 Å². The van der Waals surface area contributed by atoms with Crippen molar-refractivity contribution in [3.05, 3.63) is 58.1 Å². The SMILES string of the molecule is COc1ccccc1N1CCN(C(=O)[C@@H]2CCCN(S(=O)(=O)Cc3c(Cl)cccc3Cl)C2)CC1. The van der Waals surface area contributed by atoms with Crippen molar-refractivity contribution in [3.63, 3.8) is 0 Å². The van der Waals surface area contributed by atoms with Crippen LogP contribution >= 0.6 is 23.2 Å². The van der Waals surface area contributed by atoms with E-state index in [4.69, 9.17) is 27.9 Å². The van der Waals surface area contributed by atoms with Crippen LogP contribution in [0.15, 0.2) is 42.5 Å². The molecule has 2 aromatic rings. The Morgan fingerprint density at radius 3 is 2.35 bits per heavy atom. The average molecular weight is 526 g/mol. The van der Waals surface area contributed by atoms with Crippen LogP contribution in [0.5, 0.6) is 5.75 Å². The number of para-hydroxylation sites is 2. The number of hydrogen-bond donors (Lipinski definition) is 0. The van der Waals surface area contributed by atoms with Crippen LogP contribution in [-0.4, -0.2) is 69.9 Å².